The smallest absolute Gasteiger partial charge is 0.478 e. The van der Waals surface area contributed by atoms with Gasteiger partial charge in [-0.05, 0) is 6.07 Å². The van der Waals surface area contributed by atoms with Crippen molar-refractivity contribution in [3.63, 3.8) is 0 Å². The van der Waals surface area contributed by atoms with Crippen molar-refractivity contribution in [2.24, 2.45) is 0 Å². The third kappa shape index (κ3) is 2.20. The summed E-state index contributed by atoms with van der Waals surface area (Å²) in [5, 5.41) is 0. The lowest BCUT2D eigenvalue weighted by Crippen LogP contribution is -2.48. The van der Waals surface area contributed by atoms with Gasteiger partial charge in [0.15, 0.2) is 6.20 Å². The highest BCUT2D eigenvalue weighted by atomic mass is 32.2. The van der Waals surface area contributed by atoms with E-state index in [2.05, 4.69) is 0 Å². The van der Waals surface area contributed by atoms with Gasteiger partial charge >= 0.3 is 22.2 Å². The van der Waals surface area contributed by atoms with Gasteiger partial charge in [0.2, 0.25) is 0 Å². The van der Waals surface area contributed by atoms with Gasteiger partial charge in [-0.25, -0.2) is 0 Å². The van der Waals surface area contributed by atoms with Crippen LogP contribution < -0.4 is 3.97 Å². The largest absolute Gasteiger partial charge is 0.693 e. The number of pyridine rings is 1. The van der Waals surface area contributed by atoms with Gasteiger partial charge in [-0.2, -0.15) is 21.6 Å². The van der Waals surface area contributed by atoms with E-state index in [0.29, 0.717) is 12.3 Å². The number of alkyl halides is 3. The van der Waals surface area contributed by atoms with Crippen molar-refractivity contribution in [3.8, 4) is 0 Å². The Morgan fingerprint density at radius 2 is 1.86 bits per heavy atom. The highest BCUT2D eigenvalue weighted by molar-refractivity contribution is 7.78. The first-order valence-electron chi connectivity index (χ1n) is 3.27. The highest BCUT2D eigenvalue weighted by Gasteiger charge is 2.42. The Labute approximate surface area is 77.5 Å². The molecule has 1 aromatic heterocycles. The molecule has 78 valence electrons. The summed E-state index contributed by atoms with van der Waals surface area (Å²) in [6, 6.07) is 2.52. The van der Waals surface area contributed by atoms with Crippen molar-refractivity contribution < 1.29 is 30.1 Å². The van der Waals surface area contributed by atoms with Gasteiger partial charge in [-0.15, -0.1) is 0 Å². The fraction of sp³-hybridized carbons (Fsp3) is 0.167. The number of hydrogen-bond donors (Lipinski definition) is 0. The maximum atomic E-state index is 12.2. The van der Waals surface area contributed by atoms with Crippen LogP contribution in [0.25, 0.3) is 0 Å². The molecule has 14 heavy (non-hydrogen) atoms. The maximum absolute atomic E-state index is 12.2. The second-order valence-corrected chi connectivity index (χ2v) is 3.59. The number of rotatable bonds is 1. The maximum Gasteiger partial charge on any atom is 0.478 e. The van der Waals surface area contributed by atoms with Crippen LogP contribution >= 0.6 is 0 Å². The van der Waals surface area contributed by atoms with Gasteiger partial charge in [-0.3, -0.25) is 0 Å². The second-order valence-electron chi connectivity index (χ2n) is 2.34. The molecule has 0 aliphatic heterocycles. The van der Waals surface area contributed by atoms with Crippen LogP contribution in [-0.2, 0) is 16.5 Å². The van der Waals surface area contributed by atoms with Crippen molar-refractivity contribution >= 4 is 10.3 Å². The molecule has 0 atom stereocenters. The minimum Gasteiger partial charge on any atom is -0.693 e. The molecule has 0 N–H and O–H groups in total. The molecule has 0 amide bonds. The molecule has 1 rings (SSSR count). The monoisotopic (exact) mass is 227 g/mol. The second kappa shape index (κ2) is 3.21. The lowest BCUT2D eigenvalue weighted by atomic mass is 10.3. The fourth-order valence-corrected chi connectivity index (χ4v) is 1.47. The number of aromatic nitrogens is 1. The van der Waals surface area contributed by atoms with Crippen LogP contribution in [0.5, 0.6) is 0 Å². The molecule has 8 heteroatoms. The topological polar surface area (TPSA) is 61.1 Å². The van der Waals surface area contributed by atoms with Gasteiger partial charge in [0.05, 0.1) is 0 Å². The molecule has 1 heterocycles. The van der Waals surface area contributed by atoms with Crippen LogP contribution in [0, 0.1) is 0 Å². The Hall–Kier alpha value is -1.15. The Morgan fingerprint density at radius 3 is 2.21 bits per heavy atom. The Balaban J connectivity index is 3.47. The van der Waals surface area contributed by atoms with E-state index in [1.807, 2.05) is 0 Å². The van der Waals surface area contributed by atoms with E-state index < -0.39 is 22.2 Å². The minimum atomic E-state index is -5.17. The minimum absolute atomic E-state index is 0.354. The normalized spacial score (nSPS) is 12.9. The lowest BCUT2D eigenvalue weighted by molar-refractivity contribution is -0.549. The molecular formula is C6H4F3NO3S. The Morgan fingerprint density at radius 1 is 1.29 bits per heavy atom. The average molecular weight is 227 g/mol. The summed E-state index contributed by atoms with van der Waals surface area (Å²) in [4.78, 5) is 0. The zero-order valence-corrected chi connectivity index (χ0v) is 7.34. The molecule has 0 fully saturated rings. The Kier molecular flexibility index (Phi) is 2.50. The predicted molar refractivity (Wildman–Crippen MR) is 36.7 cm³/mol. The van der Waals surface area contributed by atoms with Crippen molar-refractivity contribution in [1.29, 1.82) is 0 Å². The van der Waals surface area contributed by atoms with E-state index in [-0.39, 0.29) is 3.97 Å². The molecule has 0 aliphatic carbocycles. The standard InChI is InChI=1S/C6H4F3NO3S/c7-6(8,9)5-3-1-2-4-10(5)14(11,12)13/h1-4H. The molecule has 1 aromatic rings. The van der Waals surface area contributed by atoms with E-state index in [1.165, 1.54) is 0 Å². The summed E-state index contributed by atoms with van der Waals surface area (Å²) in [7, 11) is -5.17. The van der Waals surface area contributed by atoms with Crippen molar-refractivity contribution in [2.45, 2.75) is 6.18 Å². The first-order chi connectivity index (χ1) is 6.23. The van der Waals surface area contributed by atoms with Crippen molar-refractivity contribution in [3.05, 3.63) is 30.1 Å². The van der Waals surface area contributed by atoms with Crippen LogP contribution in [0.4, 0.5) is 13.2 Å². The van der Waals surface area contributed by atoms with Gasteiger partial charge in [0.25, 0.3) is 0 Å². The number of halogens is 3. The number of nitrogens with zero attached hydrogens (tertiary/aromatic N) is 1. The van der Waals surface area contributed by atoms with Crippen LogP contribution in [0.15, 0.2) is 24.4 Å². The average Bonchev–Trinajstić information content (AvgIpc) is 2.01. The summed E-state index contributed by atoms with van der Waals surface area (Å²) in [6.45, 7) is 0. The molecule has 0 saturated carbocycles. The predicted octanol–water partition coefficient (Wildman–Crippen LogP) is 0.301. The molecule has 0 radical (unpaired) electrons. The van der Waals surface area contributed by atoms with E-state index in [9.17, 15) is 26.1 Å². The van der Waals surface area contributed by atoms with Gasteiger partial charge in [0, 0.05) is 12.1 Å². The van der Waals surface area contributed by atoms with E-state index in [0.717, 1.165) is 12.1 Å². The summed E-state index contributed by atoms with van der Waals surface area (Å²) < 4.78 is 67.3. The summed E-state index contributed by atoms with van der Waals surface area (Å²) in [5.74, 6) is 0. The SMILES string of the molecule is O=S(=O)([O-])[n+]1ccccc1C(F)(F)F. The molecule has 4 nitrogen and oxygen atoms in total. The summed E-state index contributed by atoms with van der Waals surface area (Å²) >= 11 is 0. The highest BCUT2D eigenvalue weighted by Crippen LogP contribution is 2.26. The third-order valence-electron chi connectivity index (χ3n) is 1.36. The van der Waals surface area contributed by atoms with Gasteiger partial charge < -0.3 is 4.55 Å². The van der Waals surface area contributed by atoms with E-state index >= 15 is 0 Å². The van der Waals surface area contributed by atoms with Crippen molar-refractivity contribution in [1.82, 2.24) is 0 Å². The van der Waals surface area contributed by atoms with E-state index in [1.54, 1.807) is 0 Å². The Bertz CT molecular complexity index is 440. The van der Waals surface area contributed by atoms with Crippen molar-refractivity contribution in [2.75, 3.05) is 0 Å². The summed E-state index contributed by atoms with van der Waals surface area (Å²) in [5.41, 5.74) is -1.52. The molecule has 0 spiro atoms. The lowest BCUT2D eigenvalue weighted by Gasteiger charge is -2.07. The molecule has 0 aromatic carbocycles. The fourth-order valence-electron chi connectivity index (χ4n) is 0.843. The van der Waals surface area contributed by atoms with Crippen LogP contribution in [-0.4, -0.2) is 13.0 Å². The first-order valence-corrected chi connectivity index (χ1v) is 4.64. The quantitative estimate of drug-likeness (QED) is 0.512. The first kappa shape index (κ1) is 10.9. The zero-order chi connectivity index (χ0) is 11.0. The van der Waals surface area contributed by atoms with Crippen LogP contribution in [0.3, 0.4) is 0 Å². The molecule has 0 saturated heterocycles. The van der Waals surface area contributed by atoms with Crippen LogP contribution in [0.2, 0.25) is 0 Å². The zero-order valence-electron chi connectivity index (χ0n) is 6.52. The summed E-state index contributed by atoms with van der Waals surface area (Å²) in [6.07, 6.45) is -4.33. The van der Waals surface area contributed by atoms with Gasteiger partial charge in [0.1, 0.15) is 0 Å². The number of hydrogen-bond acceptors (Lipinski definition) is 3. The van der Waals surface area contributed by atoms with Crippen LogP contribution in [0.1, 0.15) is 5.69 Å². The molecule has 0 bridgehead atoms. The van der Waals surface area contributed by atoms with Gasteiger partial charge in [-0.1, -0.05) is 3.97 Å². The third-order valence-corrected chi connectivity index (χ3v) is 2.16. The molecular weight excluding hydrogens is 223 g/mol. The van der Waals surface area contributed by atoms with E-state index in [4.69, 9.17) is 0 Å². The molecule has 0 unspecified atom stereocenters. The molecule has 0 aliphatic rings.